The summed E-state index contributed by atoms with van der Waals surface area (Å²) in [4.78, 5) is 25.1. The van der Waals surface area contributed by atoms with E-state index >= 15 is 0 Å². The molecule has 1 fully saturated rings. The van der Waals surface area contributed by atoms with Gasteiger partial charge in [0.2, 0.25) is 0 Å². The summed E-state index contributed by atoms with van der Waals surface area (Å²) in [5.74, 6) is 0.992. The van der Waals surface area contributed by atoms with E-state index < -0.39 is 0 Å². The molecule has 25 heavy (non-hydrogen) atoms. The number of imidazole rings is 1. The highest BCUT2D eigenvalue weighted by Crippen LogP contribution is 2.42. The van der Waals surface area contributed by atoms with Crippen molar-refractivity contribution >= 4 is 22.5 Å². The largest absolute Gasteiger partial charge is 0.333 e. The van der Waals surface area contributed by atoms with Crippen LogP contribution in [0, 0.1) is 6.92 Å². The number of rotatable bonds is 3. The molecule has 134 valence electrons. The van der Waals surface area contributed by atoms with Crippen LogP contribution >= 0.6 is 11.3 Å². The minimum atomic E-state index is -0.0227. The van der Waals surface area contributed by atoms with Gasteiger partial charge in [-0.25, -0.2) is 14.8 Å². The minimum absolute atomic E-state index is 0.0227. The molecule has 0 radical (unpaired) electrons. The minimum Gasteiger partial charge on any atom is -0.333 e. The standard InChI is InChI=1S/C18H25N5OS/c1-12-19-8-10-22(12)11-13-5-4-9-23(13)17(24)21-16-20-15-14(25-16)6-7-18(15,2)3/h8,10,13H,4-7,9,11H2,1-3H3,(H,20,21,24). The molecular formula is C18H25N5OS. The first-order valence-electron chi connectivity index (χ1n) is 8.99. The Morgan fingerprint density at radius 2 is 2.32 bits per heavy atom. The predicted octanol–water partition coefficient (Wildman–Crippen LogP) is 3.57. The van der Waals surface area contributed by atoms with Crippen LogP contribution in [0.1, 0.15) is 49.5 Å². The van der Waals surface area contributed by atoms with Gasteiger partial charge in [-0.2, -0.15) is 0 Å². The van der Waals surface area contributed by atoms with Gasteiger partial charge in [0.1, 0.15) is 5.82 Å². The number of hydrogen-bond acceptors (Lipinski definition) is 4. The number of amides is 2. The molecule has 1 atom stereocenters. The fraction of sp³-hybridized carbons (Fsp3) is 0.611. The van der Waals surface area contributed by atoms with Gasteiger partial charge in [0.05, 0.1) is 11.7 Å². The van der Waals surface area contributed by atoms with Gasteiger partial charge in [0.25, 0.3) is 0 Å². The monoisotopic (exact) mass is 359 g/mol. The number of aromatic nitrogens is 3. The van der Waals surface area contributed by atoms with Gasteiger partial charge in [-0.15, -0.1) is 11.3 Å². The number of nitrogens with zero attached hydrogens (tertiary/aromatic N) is 4. The van der Waals surface area contributed by atoms with Crippen LogP contribution in [0.5, 0.6) is 0 Å². The van der Waals surface area contributed by atoms with Crippen LogP contribution in [0.4, 0.5) is 9.93 Å². The molecule has 0 bridgehead atoms. The summed E-state index contributed by atoms with van der Waals surface area (Å²) in [5, 5.41) is 3.79. The van der Waals surface area contributed by atoms with Gasteiger partial charge in [-0.1, -0.05) is 13.8 Å². The summed E-state index contributed by atoms with van der Waals surface area (Å²) in [7, 11) is 0. The Balaban J connectivity index is 1.45. The van der Waals surface area contributed by atoms with Gasteiger partial charge in [0, 0.05) is 35.8 Å². The number of carbonyl (C=O) groups excluding carboxylic acids is 1. The summed E-state index contributed by atoms with van der Waals surface area (Å²) in [6.45, 7) is 8.07. The molecule has 1 unspecified atom stereocenters. The molecule has 6 nitrogen and oxygen atoms in total. The zero-order valence-corrected chi connectivity index (χ0v) is 15.9. The van der Waals surface area contributed by atoms with Crippen LogP contribution in [0.2, 0.25) is 0 Å². The van der Waals surface area contributed by atoms with E-state index in [1.54, 1.807) is 11.3 Å². The van der Waals surface area contributed by atoms with Crippen molar-refractivity contribution in [2.45, 2.75) is 64.5 Å². The molecule has 1 aliphatic carbocycles. The van der Waals surface area contributed by atoms with Crippen molar-refractivity contribution in [1.29, 1.82) is 0 Å². The van der Waals surface area contributed by atoms with E-state index in [1.165, 1.54) is 10.6 Å². The summed E-state index contributed by atoms with van der Waals surface area (Å²) in [6, 6.07) is 0.196. The van der Waals surface area contributed by atoms with Crippen molar-refractivity contribution in [3.05, 3.63) is 28.8 Å². The fourth-order valence-corrected chi connectivity index (χ4v) is 5.06. The van der Waals surface area contributed by atoms with Gasteiger partial charge in [-0.05, 0) is 32.6 Å². The van der Waals surface area contributed by atoms with Crippen molar-refractivity contribution < 1.29 is 4.79 Å². The molecule has 2 aromatic heterocycles. The van der Waals surface area contributed by atoms with E-state index in [4.69, 9.17) is 4.98 Å². The lowest BCUT2D eigenvalue weighted by Gasteiger charge is -2.25. The Kier molecular flexibility index (Phi) is 4.06. The molecule has 2 amide bonds. The molecule has 3 heterocycles. The number of anilines is 1. The maximum atomic E-state index is 12.8. The number of thiazole rings is 1. The van der Waals surface area contributed by atoms with Crippen LogP contribution in [0.25, 0.3) is 0 Å². The van der Waals surface area contributed by atoms with Crippen molar-refractivity contribution in [1.82, 2.24) is 19.4 Å². The van der Waals surface area contributed by atoms with Crippen LogP contribution in [0.3, 0.4) is 0 Å². The number of urea groups is 1. The van der Waals surface area contributed by atoms with E-state index in [1.807, 2.05) is 24.2 Å². The molecular weight excluding hydrogens is 334 g/mol. The molecule has 7 heteroatoms. The van der Waals surface area contributed by atoms with Crippen LogP contribution in [0.15, 0.2) is 12.4 Å². The first kappa shape index (κ1) is 16.6. The average Bonchev–Trinajstić information content (AvgIpc) is 3.30. The van der Waals surface area contributed by atoms with E-state index in [0.717, 1.165) is 49.7 Å². The Hall–Kier alpha value is -1.89. The zero-order valence-electron chi connectivity index (χ0n) is 15.1. The Morgan fingerprint density at radius 3 is 3.04 bits per heavy atom. The molecule has 2 aliphatic rings. The topological polar surface area (TPSA) is 63.1 Å². The summed E-state index contributed by atoms with van der Waals surface area (Å²) < 4.78 is 2.12. The number of likely N-dealkylation sites (tertiary alicyclic amines) is 1. The van der Waals surface area contributed by atoms with E-state index in [0.29, 0.717) is 0 Å². The second-order valence-electron chi connectivity index (χ2n) is 7.72. The fourth-order valence-electron chi connectivity index (χ4n) is 3.93. The first-order chi connectivity index (χ1) is 11.9. The number of carbonyl (C=O) groups is 1. The highest BCUT2D eigenvalue weighted by molar-refractivity contribution is 7.16. The van der Waals surface area contributed by atoms with Crippen LogP contribution in [-0.2, 0) is 18.4 Å². The summed E-state index contributed by atoms with van der Waals surface area (Å²) in [6.07, 6.45) is 8.10. The number of nitrogens with one attached hydrogen (secondary N) is 1. The molecule has 1 aliphatic heterocycles. The van der Waals surface area contributed by atoms with Gasteiger partial charge < -0.3 is 9.47 Å². The van der Waals surface area contributed by atoms with E-state index in [9.17, 15) is 4.79 Å². The SMILES string of the molecule is Cc1nccn1CC1CCCN1C(=O)Nc1nc2c(s1)CCC2(C)C. The Bertz CT molecular complexity index is 793. The second kappa shape index (κ2) is 6.12. The Morgan fingerprint density at radius 1 is 1.48 bits per heavy atom. The smallest absolute Gasteiger partial charge is 0.323 e. The quantitative estimate of drug-likeness (QED) is 0.911. The third-order valence-corrected chi connectivity index (χ3v) is 6.53. The third-order valence-electron chi connectivity index (χ3n) is 5.50. The van der Waals surface area contributed by atoms with Crippen molar-refractivity contribution in [2.24, 2.45) is 0 Å². The summed E-state index contributed by atoms with van der Waals surface area (Å²) >= 11 is 1.64. The lowest BCUT2D eigenvalue weighted by molar-refractivity contribution is 0.201. The molecule has 1 saturated heterocycles. The lowest BCUT2D eigenvalue weighted by Crippen LogP contribution is -2.40. The van der Waals surface area contributed by atoms with Gasteiger partial charge in [0.15, 0.2) is 5.13 Å². The van der Waals surface area contributed by atoms with Crippen molar-refractivity contribution in [2.75, 3.05) is 11.9 Å². The molecule has 4 rings (SSSR count). The number of hydrogen-bond donors (Lipinski definition) is 1. The first-order valence-corrected chi connectivity index (χ1v) is 9.81. The zero-order chi connectivity index (χ0) is 17.6. The van der Waals surface area contributed by atoms with Gasteiger partial charge in [-0.3, -0.25) is 5.32 Å². The maximum Gasteiger partial charge on any atom is 0.323 e. The molecule has 0 spiro atoms. The van der Waals surface area contributed by atoms with Crippen molar-refractivity contribution in [3.8, 4) is 0 Å². The van der Waals surface area contributed by atoms with Crippen molar-refractivity contribution in [3.63, 3.8) is 0 Å². The van der Waals surface area contributed by atoms with Gasteiger partial charge >= 0.3 is 6.03 Å². The normalized spacial score (nSPS) is 21.6. The predicted molar refractivity (Wildman–Crippen MR) is 99.2 cm³/mol. The van der Waals surface area contributed by atoms with Crippen LogP contribution < -0.4 is 5.32 Å². The molecule has 1 N–H and O–H groups in total. The lowest BCUT2D eigenvalue weighted by atomic mass is 9.91. The molecule has 2 aromatic rings. The molecule has 0 saturated carbocycles. The number of aryl methyl sites for hydroxylation is 2. The van der Waals surface area contributed by atoms with E-state index in [-0.39, 0.29) is 17.5 Å². The molecule has 0 aromatic carbocycles. The maximum absolute atomic E-state index is 12.8. The highest BCUT2D eigenvalue weighted by Gasteiger charge is 2.35. The summed E-state index contributed by atoms with van der Waals surface area (Å²) in [5.41, 5.74) is 1.30. The van der Waals surface area contributed by atoms with Crippen LogP contribution in [-0.4, -0.2) is 38.1 Å². The average molecular weight is 359 g/mol. The Labute approximate surface area is 152 Å². The van der Waals surface area contributed by atoms with E-state index in [2.05, 4.69) is 28.7 Å². The third kappa shape index (κ3) is 3.05. The highest BCUT2D eigenvalue weighted by atomic mass is 32.1. The number of fused-ring (bicyclic) bond motifs is 1. The second-order valence-corrected chi connectivity index (χ2v) is 8.80.